The molecule has 0 saturated carbocycles. The van der Waals surface area contributed by atoms with E-state index in [4.69, 9.17) is 15.5 Å². The van der Waals surface area contributed by atoms with Crippen LogP contribution in [-0.2, 0) is 24.4 Å². The van der Waals surface area contributed by atoms with Crippen molar-refractivity contribution in [3.63, 3.8) is 0 Å². The lowest BCUT2D eigenvalue weighted by Crippen LogP contribution is -2.19. The first-order chi connectivity index (χ1) is 21.3. The summed E-state index contributed by atoms with van der Waals surface area (Å²) < 4.78 is 21.0. The third-order valence-corrected chi connectivity index (χ3v) is 9.53. The molecule has 238 valence electrons. The standard InChI is InChI=1S/C31H35FN4OS.C4H10.C2H6/c1-5-7-28(36-11-10-18(3)14-36)35-13-23-19(4)20(6-2)29(25-16-37-15-24(23)25)21-8-9-26(32)31-30(21)22(12-33)27(34)17-38-31;1-3-4-2;1-2/h7-9,13,18H,5-6,10-11,14-17,34H2,1-4H3;3-4H2,1-2H3;1-2H3/b28-7-,35-13-;;. The van der Waals surface area contributed by atoms with Crippen LogP contribution in [0.3, 0.4) is 0 Å². The number of ether oxygens (including phenoxy) is 1. The minimum Gasteiger partial charge on any atom is -0.400 e. The van der Waals surface area contributed by atoms with Crippen LogP contribution in [0.15, 0.2) is 39.6 Å². The second kappa shape index (κ2) is 16.8. The summed E-state index contributed by atoms with van der Waals surface area (Å²) in [5.41, 5.74) is 15.3. The van der Waals surface area contributed by atoms with E-state index in [1.165, 1.54) is 42.7 Å². The summed E-state index contributed by atoms with van der Waals surface area (Å²) >= 11 is 1.36. The fraction of sp³-hybridized carbons (Fsp3) is 0.514. The van der Waals surface area contributed by atoms with E-state index in [2.05, 4.69) is 58.6 Å². The summed E-state index contributed by atoms with van der Waals surface area (Å²) in [5, 5.41) is 9.99. The third-order valence-electron chi connectivity index (χ3n) is 8.39. The van der Waals surface area contributed by atoms with Crippen LogP contribution in [0.1, 0.15) is 108 Å². The SMILES string of the molecule is CC.CC/C=C(/N=C\c1c(C)c(CC)c(-c2ccc(F)c3c2C(C#N)=C(N)CS3)c2c1COC2)N1CCC(C)C1.CCCC. The molecule has 3 aliphatic heterocycles. The van der Waals surface area contributed by atoms with Crippen molar-refractivity contribution in [2.24, 2.45) is 16.6 Å². The minimum absolute atomic E-state index is 0.313. The maximum atomic E-state index is 14.9. The van der Waals surface area contributed by atoms with Crippen molar-refractivity contribution in [2.45, 2.75) is 106 Å². The van der Waals surface area contributed by atoms with E-state index in [0.717, 1.165) is 65.1 Å². The zero-order valence-electron chi connectivity index (χ0n) is 28.1. The van der Waals surface area contributed by atoms with Crippen molar-refractivity contribution in [3.8, 4) is 17.2 Å². The van der Waals surface area contributed by atoms with Gasteiger partial charge in [-0.3, -0.25) is 0 Å². The molecule has 1 unspecified atom stereocenters. The molecule has 2 N–H and O–H groups in total. The van der Waals surface area contributed by atoms with Crippen molar-refractivity contribution in [1.29, 1.82) is 5.26 Å². The van der Waals surface area contributed by atoms with Gasteiger partial charge in [0.15, 0.2) is 0 Å². The van der Waals surface area contributed by atoms with Crippen molar-refractivity contribution >= 4 is 23.5 Å². The molecule has 2 aromatic rings. The van der Waals surface area contributed by atoms with Gasteiger partial charge < -0.3 is 15.4 Å². The number of nitrogens with zero attached hydrogens (tertiary/aromatic N) is 3. The molecule has 0 aromatic heterocycles. The quantitative estimate of drug-likeness (QED) is 0.313. The first-order valence-corrected chi connectivity index (χ1v) is 17.4. The summed E-state index contributed by atoms with van der Waals surface area (Å²) in [5.74, 6) is 1.81. The summed E-state index contributed by atoms with van der Waals surface area (Å²) in [7, 11) is 0. The Morgan fingerprint density at radius 2 is 1.86 bits per heavy atom. The Morgan fingerprint density at radius 3 is 2.45 bits per heavy atom. The lowest BCUT2D eigenvalue weighted by atomic mass is 9.82. The second-order valence-electron chi connectivity index (χ2n) is 11.4. The molecule has 3 heterocycles. The van der Waals surface area contributed by atoms with E-state index in [-0.39, 0.29) is 5.82 Å². The molecule has 1 fully saturated rings. The number of unbranched alkanes of at least 4 members (excludes halogenated alkanes) is 1. The number of likely N-dealkylation sites (tertiary alicyclic amines) is 1. The Hall–Kier alpha value is -3.08. The van der Waals surface area contributed by atoms with Crippen molar-refractivity contribution < 1.29 is 9.13 Å². The third kappa shape index (κ3) is 7.41. The van der Waals surface area contributed by atoms with Gasteiger partial charge in [0.1, 0.15) is 17.7 Å². The predicted octanol–water partition coefficient (Wildman–Crippen LogP) is 9.54. The molecule has 5 nitrogen and oxygen atoms in total. The summed E-state index contributed by atoms with van der Waals surface area (Å²) in [4.78, 5) is 7.90. The molecule has 0 aliphatic carbocycles. The number of nitrogens with two attached hydrogens (primary N) is 1. The smallest absolute Gasteiger partial charge is 0.137 e. The Bertz CT molecular complexity index is 1450. The highest BCUT2D eigenvalue weighted by molar-refractivity contribution is 7.99. The maximum Gasteiger partial charge on any atom is 0.137 e. The van der Waals surface area contributed by atoms with Crippen LogP contribution in [0.25, 0.3) is 16.7 Å². The van der Waals surface area contributed by atoms with Gasteiger partial charge in [0.05, 0.1) is 23.7 Å². The van der Waals surface area contributed by atoms with Crippen LogP contribution >= 0.6 is 11.8 Å². The van der Waals surface area contributed by atoms with Gasteiger partial charge in [-0.2, -0.15) is 5.26 Å². The lowest BCUT2D eigenvalue weighted by Gasteiger charge is -2.25. The van der Waals surface area contributed by atoms with E-state index in [1.54, 1.807) is 0 Å². The van der Waals surface area contributed by atoms with E-state index in [9.17, 15) is 9.65 Å². The van der Waals surface area contributed by atoms with E-state index in [1.807, 2.05) is 26.1 Å². The molecule has 0 radical (unpaired) electrons. The van der Waals surface area contributed by atoms with Gasteiger partial charge in [0.2, 0.25) is 0 Å². The lowest BCUT2D eigenvalue weighted by molar-refractivity contribution is 0.134. The molecule has 5 rings (SSSR count). The largest absolute Gasteiger partial charge is 0.400 e. The molecule has 1 saturated heterocycles. The highest BCUT2D eigenvalue weighted by atomic mass is 32.2. The number of halogens is 1. The first kappa shape index (κ1) is 35.4. The normalized spacial score (nSPS) is 17.5. The van der Waals surface area contributed by atoms with Crippen LogP contribution in [-0.4, -0.2) is 30.0 Å². The van der Waals surface area contributed by atoms with Crippen LogP contribution in [0.4, 0.5) is 4.39 Å². The number of benzene rings is 2. The van der Waals surface area contributed by atoms with Crippen molar-refractivity contribution in [1.82, 2.24) is 4.90 Å². The molecule has 2 aromatic carbocycles. The van der Waals surface area contributed by atoms with Gasteiger partial charge in [-0.1, -0.05) is 67.4 Å². The van der Waals surface area contributed by atoms with Crippen LogP contribution in [0.5, 0.6) is 0 Å². The Kier molecular flexibility index (Phi) is 13.5. The average molecular weight is 619 g/mol. The minimum atomic E-state index is -0.313. The molecule has 0 amide bonds. The first-order valence-electron chi connectivity index (χ1n) is 16.4. The monoisotopic (exact) mass is 618 g/mol. The highest BCUT2D eigenvalue weighted by Gasteiger charge is 2.31. The Labute approximate surface area is 269 Å². The molecule has 1 atom stereocenters. The van der Waals surface area contributed by atoms with Gasteiger partial charge >= 0.3 is 0 Å². The predicted molar refractivity (Wildman–Crippen MR) is 185 cm³/mol. The van der Waals surface area contributed by atoms with Crippen molar-refractivity contribution in [2.75, 3.05) is 18.8 Å². The van der Waals surface area contributed by atoms with Gasteiger partial charge in [-0.25, -0.2) is 9.38 Å². The van der Waals surface area contributed by atoms with Gasteiger partial charge in [0.25, 0.3) is 0 Å². The topological polar surface area (TPSA) is 74.6 Å². The number of allylic oxidation sites excluding steroid dienone is 2. The van der Waals surface area contributed by atoms with Crippen LogP contribution in [0, 0.1) is 30.0 Å². The summed E-state index contributed by atoms with van der Waals surface area (Å²) in [6.45, 7) is 20.1. The van der Waals surface area contributed by atoms with Gasteiger partial charge in [-0.15, -0.1) is 11.8 Å². The Morgan fingerprint density at radius 1 is 1.16 bits per heavy atom. The second-order valence-corrected chi connectivity index (χ2v) is 12.3. The molecular weight excluding hydrogens is 567 g/mol. The van der Waals surface area contributed by atoms with E-state index >= 15 is 0 Å². The van der Waals surface area contributed by atoms with Crippen molar-refractivity contribution in [3.05, 3.63) is 68.9 Å². The number of rotatable bonds is 7. The molecule has 7 heteroatoms. The highest BCUT2D eigenvalue weighted by Crippen LogP contribution is 2.47. The average Bonchev–Trinajstić information content (AvgIpc) is 3.70. The molecule has 0 bridgehead atoms. The number of aliphatic imine (C=N–C) groups is 1. The summed E-state index contributed by atoms with van der Waals surface area (Å²) in [6, 6.07) is 5.59. The van der Waals surface area contributed by atoms with E-state index in [0.29, 0.717) is 46.6 Å². The van der Waals surface area contributed by atoms with E-state index < -0.39 is 0 Å². The van der Waals surface area contributed by atoms with Gasteiger partial charge in [-0.05, 0) is 77.6 Å². The summed E-state index contributed by atoms with van der Waals surface area (Å²) in [6.07, 6.45) is 9.78. The fourth-order valence-electron chi connectivity index (χ4n) is 5.98. The number of fused-ring (bicyclic) bond motifs is 2. The molecular formula is C37H51FN4OS. The number of hydrogen-bond acceptors (Lipinski definition) is 6. The fourth-order valence-corrected chi connectivity index (χ4v) is 6.98. The maximum absolute atomic E-state index is 14.9. The molecule has 3 aliphatic rings. The molecule has 44 heavy (non-hydrogen) atoms. The molecule has 0 spiro atoms. The van der Waals surface area contributed by atoms with Crippen LogP contribution < -0.4 is 5.73 Å². The number of hydrogen-bond donors (Lipinski definition) is 1. The Balaban J connectivity index is 0.000000816. The zero-order valence-corrected chi connectivity index (χ0v) is 28.9. The number of nitriles is 1. The number of thioether (sulfide) groups is 1. The van der Waals surface area contributed by atoms with Crippen LogP contribution in [0.2, 0.25) is 0 Å². The van der Waals surface area contributed by atoms with Gasteiger partial charge in [0, 0.05) is 41.9 Å². The zero-order chi connectivity index (χ0) is 32.4.